The summed E-state index contributed by atoms with van der Waals surface area (Å²) in [6, 6.07) is 3.89. The lowest BCUT2D eigenvalue weighted by atomic mass is 10.2. The lowest BCUT2D eigenvalue weighted by molar-refractivity contribution is -0.0250. The van der Waals surface area contributed by atoms with Crippen molar-refractivity contribution in [1.82, 2.24) is 24.3 Å². The van der Waals surface area contributed by atoms with Crippen LogP contribution in [0.15, 0.2) is 43.1 Å². The molecule has 0 aliphatic carbocycles. The van der Waals surface area contributed by atoms with Crippen LogP contribution in [0.3, 0.4) is 0 Å². The SMILES string of the molecule is Cc1ccc2nc(C(=O)N3CCO[C@@H](c4cnccn4)C3)cn2c1. The van der Waals surface area contributed by atoms with Gasteiger partial charge in [0.1, 0.15) is 17.4 Å². The third kappa shape index (κ3) is 2.74. The van der Waals surface area contributed by atoms with Gasteiger partial charge < -0.3 is 14.0 Å². The van der Waals surface area contributed by atoms with Crippen molar-refractivity contribution in [3.63, 3.8) is 0 Å². The predicted molar refractivity (Wildman–Crippen MR) is 86.6 cm³/mol. The van der Waals surface area contributed by atoms with Crippen LogP contribution in [0, 0.1) is 6.92 Å². The lowest BCUT2D eigenvalue weighted by Gasteiger charge is -2.32. The summed E-state index contributed by atoms with van der Waals surface area (Å²) in [5.41, 5.74) is 3.07. The molecule has 0 unspecified atom stereocenters. The molecule has 0 spiro atoms. The summed E-state index contributed by atoms with van der Waals surface area (Å²) in [4.78, 5) is 27.3. The van der Waals surface area contributed by atoms with E-state index in [2.05, 4.69) is 15.0 Å². The van der Waals surface area contributed by atoms with Gasteiger partial charge in [0, 0.05) is 31.3 Å². The van der Waals surface area contributed by atoms with Crippen molar-refractivity contribution in [3.05, 3.63) is 60.1 Å². The fraction of sp³-hybridized carbons (Fsp3) is 0.294. The molecule has 4 heterocycles. The number of fused-ring (bicyclic) bond motifs is 1. The van der Waals surface area contributed by atoms with E-state index in [0.29, 0.717) is 25.4 Å². The van der Waals surface area contributed by atoms with Gasteiger partial charge in [0.15, 0.2) is 0 Å². The van der Waals surface area contributed by atoms with Gasteiger partial charge in [-0.1, -0.05) is 6.07 Å². The fourth-order valence-electron chi connectivity index (χ4n) is 2.86. The summed E-state index contributed by atoms with van der Waals surface area (Å²) >= 11 is 0. The Morgan fingerprint density at radius 2 is 2.21 bits per heavy atom. The second-order valence-electron chi connectivity index (χ2n) is 5.84. The zero-order valence-corrected chi connectivity index (χ0v) is 13.3. The van der Waals surface area contributed by atoms with Gasteiger partial charge in [-0.15, -0.1) is 0 Å². The molecule has 122 valence electrons. The Kier molecular flexibility index (Phi) is 3.70. The number of nitrogens with zero attached hydrogens (tertiary/aromatic N) is 5. The summed E-state index contributed by atoms with van der Waals surface area (Å²) in [6.07, 6.45) is 8.40. The molecule has 4 rings (SSSR count). The van der Waals surface area contributed by atoms with Crippen LogP contribution < -0.4 is 0 Å². The number of aromatic nitrogens is 4. The number of pyridine rings is 1. The minimum Gasteiger partial charge on any atom is -0.368 e. The van der Waals surface area contributed by atoms with E-state index in [4.69, 9.17) is 4.74 Å². The number of morpholine rings is 1. The molecular weight excluding hydrogens is 306 g/mol. The minimum atomic E-state index is -0.254. The van der Waals surface area contributed by atoms with Crippen LogP contribution in [-0.2, 0) is 4.74 Å². The Bertz CT molecular complexity index is 877. The first-order valence-corrected chi connectivity index (χ1v) is 7.83. The topological polar surface area (TPSA) is 72.6 Å². The molecule has 3 aromatic rings. The van der Waals surface area contributed by atoms with Crippen LogP contribution in [0.1, 0.15) is 27.8 Å². The average Bonchev–Trinajstić information content (AvgIpc) is 3.05. The third-order valence-electron chi connectivity index (χ3n) is 4.08. The van der Waals surface area contributed by atoms with Crippen LogP contribution in [0.4, 0.5) is 0 Å². The van der Waals surface area contributed by atoms with E-state index >= 15 is 0 Å². The number of ether oxygens (including phenoxy) is 1. The molecule has 0 bridgehead atoms. The zero-order valence-electron chi connectivity index (χ0n) is 13.3. The lowest BCUT2D eigenvalue weighted by Crippen LogP contribution is -2.42. The molecular formula is C17H17N5O2. The van der Waals surface area contributed by atoms with E-state index in [0.717, 1.165) is 16.9 Å². The van der Waals surface area contributed by atoms with Crippen LogP contribution in [0.2, 0.25) is 0 Å². The highest BCUT2D eigenvalue weighted by Crippen LogP contribution is 2.21. The van der Waals surface area contributed by atoms with E-state index in [1.165, 1.54) is 0 Å². The molecule has 0 saturated carbocycles. The highest BCUT2D eigenvalue weighted by Gasteiger charge is 2.28. The normalized spacial score (nSPS) is 18.0. The Balaban J connectivity index is 1.56. The molecule has 1 saturated heterocycles. The third-order valence-corrected chi connectivity index (χ3v) is 4.08. The quantitative estimate of drug-likeness (QED) is 0.717. The molecule has 1 atom stereocenters. The Hall–Kier alpha value is -2.80. The number of amides is 1. The Labute approximate surface area is 138 Å². The van der Waals surface area contributed by atoms with Gasteiger partial charge in [0.25, 0.3) is 5.91 Å². The molecule has 1 amide bonds. The number of hydrogen-bond acceptors (Lipinski definition) is 5. The summed E-state index contributed by atoms with van der Waals surface area (Å²) in [7, 11) is 0. The van der Waals surface area contributed by atoms with Gasteiger partial charge in [0.2, 0.25) is 0 Å². The number of hydrogen-bond donors (Lipinski definition) is 0. The van der Waals surface area contributed by atoms with Gasteiger partial charge in [-0.2, -0.15) is 0 Å². The maximum Gasteiger partial charge on any atom is 0.274 e. The Morgan fingerprint density at radius 1 is 1.29 bits per heavy atom. The Morgan fingerprint density at radius 3 is 3.04 bits per heavy atom. The summed E-state index contributed by atoms with van der Waals surface area (Å²) in [5.74, 6) is -0.0893. The van der Waals surface area contributed by atoms with Crippen molar-refractivity contribution in [2.24, 2.45) is 0 Å². The average molecular weight is 323 g/mol. The second-order valence-corrected chi connectivity index (χ2v) is 5.84. The van der Waals surface area contributed by atoms with Crippen LogP contribution in [0.5, 0.6) is 0 Å². The first-order chi connectivity index (χ1) is 11.7. The van der Waals surface area contributed by atoms with Crippen molar-refractivity contribution >= 4 is 11.6 Å². The van der Waals surface area contributed by atoms with Gasteiger partial charge in [-0.25, -0.2) is 4.98 Å². The molecule has 1 fully saturated rings. The van der Waals surface area contributed by atoms with Gasteiger partial charge in [0.05, 0.1) is 25.0 Å². The molecule has 0 radical (unpaired) electrons. The van der Waals surface area contributed by atoms with E-state index in [-0.39, 0.29) is 12.0 Å². The molecule has 7 heteroatoms. The van der Waals surface area contributed by atoms with E-state index in [9.17, 15) is 4.79 Å². The van der Waals surface area contributed by atoms with Crippen molar-refractivity contribution in [2.45, 2.75) is 13.0 Å². The number of carbonyl (C=O) groups is 1. The second kappa shape index (κ2) is 6.01. The number of carbonyl (C=O) groups excluding carboxylic acids is 1. The highest BCUT2D eigenvalue weighted by atomic mass is 16.5. The molecule has 24 heavy (non-hydrogen) atoms. The molecule has 7 nitrogen and oxygen atoms in total. The number of aryl methyl sites for hydroxylation is 1. The summed E-state index contributed by atoms with van der Waals surface area (Å²) in [6.45, 7) is 3.47. The summed E-state index contributed by atoms with van der Waals surface area (Å²) < 4.78 is 7.61. The molecule has 1 aliphatic rings. The predicted octanol–water partition coefficient (Wildman–Crippen LogP) is 1.65. The largest absolute Gasteiger partial charge is 0.368 e. The van der Waals surface area contributed by atoms with E-state index < -0.39 is 0 Å². The standard InChI is InChI=1S/C17H17N5O2/c1-12-2-3-16-20-14(10-22(16)9-12)17(23)21-6-7-24-15(11-21)13-8-18-4-5-19-13/h2-5,8-10,15H,6-7,11H2,1H3/t15-/m1/s1. The number of rotatable bonds is 2. The van der Waals surface area contributed by atoms with Crippen LogP contribution >= 0.6 is 0 Å². The minimum absolute atomic E-state index is 0.0893. The maximum atomic E-state index is 12.8. The first kappa shape index (κ1) is 14.8. The highest BCUT2D eigenvalue weighted by molar-refractivity contribution is 5.93. The van der Waals surface area contributed by atoms with Crippen molar-refractivity contribution in [2.75, 3.05) is 19.7 Å². The molecule has 0 N–H and O–H groups in total. The maximum absolute atomic E-state index is 12.8. The van der Waals surface area contributed by atoms with E-state index in [1.54, 1.807) is 29.7 Å². The van der Waals surface area contributed by atoms with Gasteiger partial charge >= 0.3 is 0 Å². The van der Waals surface area contributed by atoms with Crippen LogP contribution in [-0.4, -0.2) is 49.9 Å². The fourth-order valence-corrected chi connectivity index (χ4v) is 2.86. The first-order valence-electron chi connectivity index (χ1n) is 7.83. The molecule has 0 aromatic carbocycles. The van der Waals surface area contributed by atoms with Crippen molar-refractivity contribution in [3.8, 4) is 0 Å². The smallest absolute Gasteiger partial charge is 0.274 e. The van der Waals surface area contributed by atoms with Gasteiger partial charge in [-0.3, -0.25) is 14.8 Å². The monoisotopic (exact) mass is 323 g/mol. The molecule has 1 aliphatic heterocycles. The van der Waals surface area contributed by atoms with E-state index in [1.807, 2.05) is 29.7 Å². The van der Waals surface area contributed by atoms with Crippen LogP contribution in [0.25, 0.3) is 5.65 Å². The zero-order chi connectivity index (χ0) is 16.5. The van der Waals surface area contributed by atoms with Crippen molar-refractivity contribution in [1.29, 1.82) is 0 Å². The number of imidazole rings is 1. The van der Waals surface area contributed by atoms with Crippen molar-refractivity contribution < 1.29 is 9.53 Å². The molecule has 3 aromatic heterocycles. The van der Waals surface area contributed by atoms with Gasteiger partial charge in [-0.05, 0) is 18.6 Å². The summed E-state index contributed by atoms with van der Waals surface area (Å²) in [5, 5.41) is 0.